The molecule has 0 aromatic heterocycles. The van der Waals surface area contributed by atoms with Crippen molar-refractivity contribution in [2.24, 2.45) is 11.8 Å². The van der Waals surface area contributed by atoms with Crippen LogP contribution in [0.15, 0.2) is 48.5 Å². The number of rotatable bonds is 7. The van der Waals surface area contributed by atoms with Gasteiger partial charge in [-0.15, -0.1) is 0 Å². The summed E-state index contributed by atoms with van der Waals surface area (Å²) in [5, 5.41) is 5.77. The second-order valence-corrected chi connectivity index (χ2v) is 7.40. The molecule has 1 fully saturated rings. The van der Waals surface area contributed by atoms with E-state index < -0.39 is 0 Å². The number of hydrogen-bond donors (Lipinski definition) is 2. The highest BCUT2D eigenvalue weighted by atomic mass is 19.1. The van der Waals surface area contributed by atoms with Crippen molar-refractivity contribution >= 4 is 17.5 Å². The van der Waals surface area contributed by atoms with Gasteiger partial charge in [0.1, 0.15) is 11.6 Å². The van der Waals surface area contributed by atoms with Gasteiger partial charge in [0.2, 0.25) is 11.8 Å². The second-order valence-electron chi connectivity index (χ2n) is 7.40. The van der Waals surface area contributed by atoms with E-state index in [1.165, 1.54) is 12.1 Å². The number of para-hydroxylation sites is 1. The van der Waals surface area contributed by atoms with Gasteiger partial charge in [-0.3, -0.25) is 9.59 Å². The fraction of sp³-hybridized carbons (Fsp3) is 0.391. The molecule has 1 aliphatic carbocycles. The number of benzene rings is 2. The SMILES string of the molecule is COc1ccccc1CCNC(=O)C1CCC(C(=O)Nc2cccc(F)c2)CC1. The number of carbonyl (C=O) groups excluding carboxylic acids is 2. The third kappa shape index (κ3) is 5.79. The maximum Gasteiger partial charge on any atom is 0.227 e. The molecule has 0 unspecified atom stereocenters. The Hall–Kier alpha value is -2.89. The van der Waals surface area contributed by atoms with Gasteiger partial charge in [0.05, 0.1) is 7.11 Å². The normalized spacial score (nSPS) is 18.7. The van der Waals surface area contributed by atoms with Crippen LogP contribution in [0.1, 0.15) is 31.2 Å². The number of hydrogen-bond acceptors (Lipinski definition) is 3. The Morgan fingerprint density at radius 2 is 1.69 bits per heavy atom. The Morgan fingerprint density at radius 3 is 2.38 bits per heavy atom. The van der Waals surface area contributed by atoms with E-state index in [1.807, 2.05) is 24.3 Å². The summed E-state index contributed by atoms with van der Waals surface area (Å²) in [5.41, 5.74) is 1.53. The predicted molar refractivity (Wildman–Crippen MR) is 110 cm³/mol. The van der Waals surface area contributed by atoms with Crippen molar-refractivity contribution in [2.45, 2.75) is 32.1 Å². The van der Waals surface area contributed by atoms with E-state index >= 15 is 0 Å². The molecule has 2 aromatic carbocycles. The number of halogens is 1. The standard InChI is InChI=1S/C23H27FN2O3/c1-29-21-8-3-2-5-16(21)13-14-25-22(27)17-9-11-18(12-10-17)23(28)26-20-7-4-6-19(24)15-20/h2-8,15,17-18H,9-14H2,1H3,(H,25,27)(H,26,28). The lowest BCUT2D eigenvalue weighted by molar-refractivity contribution is -0.128. The molecule has 0 bridgehead atoms. The van der Waals surface area contributed by atoms with Crippen molar-refractivity contribution in [1.82, 2.24) is 5.32 Å². The lowest BCUT2D eigenvalue weighted by atomic mass is 9.81. The highest BCUT2D eigenvalue weighted by molar-refractivity contribution is 5.92. The van der Waals surface area contributed by atoms with E-state index in [0.717, 1.165) is 11.3 Å². The van der Waals surface area contributed by atoms with E-state index in [2.05, 4.69) is 10.6 Å². The van der Waals surface area contributed by atoms with Gasteiger partial charge in [-0.1, -0.05) is 24.3 Å². The zero-order valence-electron chi connectivity index (χ0n) is 16.6. The molecule has 0 saturated heterocycles. The van der Waals surface area contributed by atoms with Crippen LogP contribution in [0, 0.1) is 17.7 Å². The molecular weight excluding hydrogens is 371 g/mol. The van der Waals surface area contributed by atoms with Gasteiger partial charge in [0.25, 0.3) is 0 Å². The van der Waals surface area contributed by atoms with Gasteiger partial charge in [0, 0.05) is 24.1 Å². The molecule has 154 valence electrons. The van der Waals surface area contributed by atoms with Crippen LogP contribution < -0.4 is 15.4 Å². The van der Waals surface area contributed by atoms with Crippen molar-refractivity contribution in [3.8, 4) is 5.75 Å². The minimum atomic E-state index is -0.378. The summed E-state index contributed by atoms with van der Waals surface area (Å²) in [6.45, 7) is 0.555. The lowest BCUT2D eigenvalue weighted by Crippen LogP contribution is -2.36. The van der Waals surface area contributed by atoms with Gasteiger partial charge in [0.15, 0.2) is 0 Å². The minimum absolute atomic E-state index is 0.0453. The average Bonchev–Trinajstić information content (AvgIpc) is 2.74. The molecule has 29 heavy (non-hydrogen) atoms. The number of methoxy groups -OCH3 is 1. The van der Waals surface area contributed by atoms with E-state index in [4.69, 9.17) is 4.74 Å². The van der Waals surface area contributed by atoms with Crippen LogP contribution in [0.5, 0.6) is 5.75 Å². The maximum atomic E-state index is 13.2. The summed E-state index contributed by atoms with van der Waals surface area (Å²) in [6.07, 6.45) is 3.39. The van der Waals surface area contributed by atoms with Crippen LogP contribution in [0.3, 0.4) is 0 Å². The molecule has 0 aliphatic heterocycles. The first-order chi connectivity index (χ1) is 14.1. The number of amides is 2. The monoisotopic (exact) mass is 398 g/mol. The summed E-state index contributed by atoms with van der Waals surface area (Å²) < 4.78 is 18.6. The molecule has 2 amide bonds. The summed E-state index contributed by atoms with van der Waals surface area (Å²) in [5.74, 6) is 0.180. The van der Waals surface area contributed by atoms with Crippen LogP contribution in [0.2, 0.25) is 0 Å². The van der Waals surface area contributed by atoms with Crippen molar-refractivity contribution < 1.29 is 18.7 Å². The van der Waals surface area contributed by atoms with Crippen LogP contribution in [-0.2, 0) is 16.0 Å². The van der Waals surface area contributed by atoms with Crippen LogP contribution in [-0.4, -0.2) is 25.5 Å². The van der Waals surface area contributed by atoms with Crippen LogP contribution in [0.25, 0.3) is 0 Å². The Morgan fingerprint density at radius 1 is 1.00 bits per heavy atom. The zero-order chi connectivity index (χ0) is 20.6. The van der Waals surface area contributed by atoms with Crippen molar-refractivity contribution in [1.29, 1.82) is 0 Å². The molecule has 5 nitrogen and oxygen atoms in total. The van der Waals surface area contributed by atoms with E-state index in [1.54, 1.807) is 19.2 Å². The Kier molecular flexibility index (Phi) is 7.22. The summed E-state index contributed by atoms with van der Waals surface area (Å²) in [6, 6.07) is 13.7. The second kappa shape index (κ2) is 10.0. The van der Waals surface area contributed by atoms with Gasteiger partial charge in [-0.05, 0) is 61.9 Å². The number of nitrogens with one attached hydrogen (secondary N) is 2. The molecule has 0 spiro atoms. The topological polar surface area (TPSA) is 67.4 Å². The average molecular weight is 398 g/mol. The third-order valence-corrected chi connectivity index (χ3v) is 5.45. The highest BCUT2D eigenvalue weighted by Crippen LogP contribution is 2.30. The molecule has 0 heterocycles. The summed E-state index contributed by atoms with van der Waals surface area (Å²) in [7, 11) is 1.64. The molecule has 2 N–H and O–H groups in total. The number of ether oxygens (including phenoxy) is 1. The molecule has 6 heteroatoms. The molecular formula is C23H27FN2O3. The van der Waals surface area contributed by atoms with Crippen LogP contribution >= 0.6 is 0 Å². The highest BCUT2D eigenvalue weighted by Gasteiger charge is 2.29. The number of anilines is 1. The van der Waals surface area contributed by atoms with Gasteiger partial charge in [-0.2, -0.15) is 0 Å². The summed E-state index contributed by atoms with van der Waals surface area (Å²) in [4.78, 5) is 24.9. The van der Waals surface area contributed by atoms with Gasteiger partial charge >= 0.3 is 0 Å². The minimum Gasteiger partial charge on any atom is -0.496 e. The van der Waals surface area contributed by atoms with Crippen LogP contribution in [0.4, 0.5) is 10.1 Å². The molecule has 1 saturated carbocycles. The fourth-order valence-corrected chi connectivity index (χ4v) is 3.80. The van der Waals surface area contributed by atoms with Crippen molar-refractivity contribution in [3.05, 3.63) is 59.9 Å². The maximum absolute atomic E-state index is 13.2. The Balaban J connectivity index is 1.41. The first-order valence-electron chi connectivity index (χ1n) is 10.0. The predicted octanol–water partition coefficient (Wildman–Crippen LogP) is 3.94. The third-order valence-electron chi connectivity index (χ3n) is 5.45. The quantitative estimate of drug-likeness (QED) is 0.742. The Bertz CT molecular complexity index is 848. The molecule has 3 rings (SSSR count). The van der Waals surface area contributed by atoms with E-state index in [-0.39, 0.29) is 29.5 Å². The van der Waals surface area contributed by atoms with Crippen molar-refractivity contribution in [3.63, 3.8) is 0 Å². The van der Waals surface area contributed by atoms with E-state index in [9.17, 15) is 14.0 Å². The van der Waals surface area contributed by atoms with E-state index in [0.29, 0.717) is 44.3 Å². The fourth-order valence-electron chi connectivity index (χ4n) is 3.80. The Labute approximate surface area is 170 Å². The first-order valence-corrected chi connectivity index (χ1v) is 10.0. The zero-order valence-corrected chi connectivity index (χ0v) is 16.6. The van der Waals surface area contributed by atoms with Crippen molar-refractivity contribution in [2.75, 3.05) is 19.0 Å². The largest absolute Gasteiger partial charge is 0.496 e. The molecule has 2 aromatic rings. The summed E-state index contributed by atoms with van der Waals surface area (Å²) >= 11 is 0. The first kappa shape index (κ1) is 20.8. The molecule has 0 radical (unpaired) electrons. The number of carbonyl (C=O) groups is 2. The molecule has 1 aliphatic rings. The lowest BCUT2D eigenvalue weighted by Gasteiger charge is -2.27. The smallest absolute Gasteiger partial charge is 0.227 e. The van der Waals surface area contributed by atoms with Gasteiger partial charge in [-0.25, -0.2) is 4.39 Å². The molecule has 0 atom stereocenters. The van der Waals surface area contributed by atoms with Gasteiger partial charge < -0.3 is 15.4 Å².